The van der Waals surface area contributed by atoms with Crippen LogP contribution in [0.2, 0.25) is 5.02 Å². The van der Waals surface area contributed by atoms with E-state index in [0.717, 1.165) is 23.5 Å². The quantitative estimate of drug-likeness (QED) is 0.301. The number of rotatable bonds is 8. The van der Waals surface area contributed by atoms with Crippen LogP contribution in [0.1, 0.15) is 19.8 Å². The first-order valence-electron chi connectivity index (χ1n) is 9.57. The van der Waals surface area contributed by atoms with Crippen LogP contribution in [-0.4, -0.2) is 31.5 Å². The molecule has 150 valence electrons. The molecular weight excluding hydrogens is 408 g/mol. The number of hydrogen-bond donors (Lipinski definition) is 0. The molecule has 0 amide bonds. The second kappa shape index (κ2) is 8.88. The van der Waals surface area contributed by atoms with E-state index in [2.05, 4.69) is 17.1 Å². The number of unbranched alkanes of at least 4 members (excludes halogenated alkanes) is 1. The molecule has 2 heterocycles. The summed E-state index contributed by atoms with van der Waals surface area (Å²) in [5.41, 5.74) is 0.798. The molecule has 0 saturated carbocycles. The molecule has 0 fully saturated rings. The Bertz CT molecular complexity index is 1200. The van der Waals surface area contributed by atoms with Crippen LogP contribution in [0.3, 0.4) is 0 Å². The molecule has 0 aliphatic rings. The largest absolute Gasteiger partial charge is 0.491 e. The van der Waals surface area contributed by atoms with Gasteiger partial charge in [-0.05, 0) is 30.7 Å². The number of thioether (sulfide) groups is 1. The Hall–Kier alpha value is -2.51. The molecular formula is C21H21ClN4O2S. The van der Waals surface area contributed by atoms with Gasteiger partial charge < -0.3 is 4.74 Å². The van der Waals surface area contributed by atoms with E-state index in [-0.39, 0.29) is 5.56 Å². The van der Waals surface area contributed by atoms with Crippen molar-refractivity contribution in [1.29, 1.82) is 0 Å². The third kappa shape index (κ3) is 3.97. The monoisotopic (exact) mass is 428 g/mol. The SMILES string of the molecule is CCCCn1c(=O)c2ccccc2n2c(SCCOc3ccccc3Cl)nnc12. The van der Waals surface area contributed by atoms with E-state index in [4.69, 9.17) is 16.3 Å². The molecule has 29 heavy (non-hydrogen) atoms. The van der Waals surface area contributed by atoms with Crippen molar-refractivity contribution in [2.45, 2.75) is 31.5 Å². The molecule has 0 aliphatic carbocycles. The minimum Gasteiger partial charge on any atom is -0.491 e. The standard InChI is InChI=1S/C21H21ClN4O2S/c1-2-3-12-25-19(27)15-8-4-6-10-17(15)26-20(25)23-24-21(26)29-14-13-28-18-11-7-5-9-16(18)22/h4-11H,2-3,12-14H2,1H3. The highest BCUT2D eigenvalue weighted by Gasteiger charge is 2.16. The number of para-hydroxylation sites is 2. The molecule has 0 aliphatic heterocycles. The summed E-state index contributed by atoms with van der Waals surface area (Å²) in [6, 6.07) is 15.0. The van der Waals surface area contributed by atoms with Gasteiger partial charge in [0.25, 0.3) is 5.56 Å². The zero-order valence-electron chi connectivity index (χ0n) is 16.0. The van der Waals surface area contributed by atoms with E-state index in [1.54, 1.807) is 22.4 Å². The van der Waals surface area contributed by atoms with Gasteiger partial charge >= 0.3 is 0 Å². The molecule has 4 rings (SSSR count). The molecule has 0 unspecified atom stereocenters. The lowest BCUT2D eigenvalue weighted by molar-refractivity contribution is 0.344. The molecule has 0 saturated heterocycles. The fraction of sp³-hybridized carbons (Fsp3) is 0.286. The maximum Gasteiger partial charge on any atom is 0.262 e. The minimum atomic E-state index is -0.0208. The number of ether oxygens (including phenoxy) is 1. The predicted octanol–water partition coefficient (Wildman–Crippen LogP) is 4.67. The van der Waals surface area contributed by atoms with Crippen LogP contribution >= 0.6 is 23.4 Å². The van der Waals surface area contributed by atoms with Crippen LogP contribution < -0.4 is 10.3 Å². The van der Waals surface area contributed by atoms with Crippen molar-refractivity contribution in [2.75, 3.05) is 12.4 Å². The van der Waals surface area contributed by atoms with Gasteiger partial charge in [-0.15, -0.1) is 10.2 Å². The number of nitrogens with zero attached hydrogens (tertiary/aromatic N) is 4. The third-order valence-corrected chi connectivity index (χ3v) is 5.83. The molecule has 0 radical (unpaired) electrons. The summed E-state index contributed by atoms with van der Waals surface area (Å²) >= 11 is 7.67. The smallest absolute Gasteiger partial charge is 0.262 e. The zero-order valence-corrected chi connectivity index (χ0v) is 17.6. The Morgan fingerprint density at radius 1 is 1.10 bits per heavy atom. The van der Waals surface area contributed by atoms with Gasteiger partial charge in [0.2, 0.25) is 5.78 Å². The van der Waals surface area contributed by atoms with Crippen molar-refractivity contribution in [1.82, 2.24) is 19.2 Å². The van der Waals surface area contributed by atoms with Crippen LogP contribution in [0, 0.1) is 0 Å². The number of aryl methyl sites for hydroxylation is 1. The average Bonchev–Trinajstić information content (AvgIpc) is 3.16. The van der Waals surface area contributed by atoms with E-state index < -0.39 is 0 Å². The van der Waals surface area contributed by atoms with Gasteiger partial charge in [0.05, 0.1) is 22.5 Å². The van der Waals surface area contributed by atoms with E-state index in [1.807, 2.05) is 46.9 Å². The average molecular weight is 429 g/mol. The predicted molar refractivity (Wildman–Crippen MR) is 117 cm³/mol. The third-order valence-electron chi connectivity index (χ3n) is 4.62. The van der Waals surface area contributed by atoms with E-state index in [0.29, 0.717) is 40.8 Å². The first kappa shape index (κ1) is 19.8. The zero-order chi connectivity index (χ0) is 20.2. The van der Waals surface area contributed by atoms with Gasteiger partial charge in [-0.25, -0.2) is 0 Å². The Morgan fingerprint density at radius 3 is 2.72 bits per heavy atom. The normalized spacial score (nSPS) is 11.4. The Morgan fingerprint density at radius 2 is 1.90 bits per heavy atom. The van der Waals surface area contributed by atoms with Crippen molar-refractivity contribution in [3.05, 3.63) is 63.9 Å². The van der Waals surface area contributed by atoms with Gasteiger partial charge in [0.15, 0.2) is 5.16 Å². The molecule has 2 aromatic heterocycles. The summed E-state index contributed by atoms with van der Waals surface area (Å²) in [6.07, 6.45) is 1.91. The molecule has 2 aromatic carbocycles. The summed E-state index contributed by atoms with van der Waals surface area (Å²) in [6.45, 7) is 3.21. The van der Waals surface area contributed by atoms with Gasteiger partial charge in [0.1, 0.15) is 5.75 Å². The Kier molecular flexibility index (Phi) is 6.06. The van der Waals surface area contributed by atoms with Crippen molar-refractivity contribution in [2.24, 2.45) is 0 Å². The highest BCUT2D eigenvalue weighted by molar-refractivity contribution is 7.99. The lowest BCUT2D eigenvalue weighted by atomic mass is 10.2. The van der Waals surface area contributed by atoms with E-state index in [9.17, 15) is 4.79 Å². The van der Waals surface area contributed by atoms with E-state index in [1.165, 1.54) is 0 Å². The van der Waals surface area contributed by atoms with Crippen molar-refractivity contribution >= 4 is 40.0 Å². The molecule has 0 N–H and O–H groups in total. The molecule has 4 aromatic rings. The van der Waals surface area contributed by atoms with Crippen molar-refractivity contribution in [3.8, 4) is 5.75 Å². The van der Waals surface area contributed by atoms with Gasteiger partial charge in [-0.1, -0.05) is 61.0 Å². The number of aromatic nitrogens is 4. The van der Waals surface area contributed by atoms with Crippen LogP contribution in [0.15, 0.2) is 58.5 Å². The van der Waals surface area contributed by atoms with Crippen LogP contribution in [0.5, 0.6) is 5.75 Å². The lowest BCUT2D eigenvalue weighted by Gasteiger charge is -2.11. The fourth-order valence-corrected chi connectivity index (χ4v) is 4.14. The highest BCUT2D eigenvalue weighted by atomic mass is 35.5. The molecule has 6 nitrogen and oxygen atoms in total. The summed E-state index contributed by atoms with van der Waals surface area (Å²) in [4.78, 5) is 12.9. The van der Waals surface area contributed by atoms with Gasteiger partial charge in [-0.3, -0.25) is 13.8 Å². The van der Waals surface area contributed by atoms with Gasteiger partial charge in [0, 0.05) is 12.3 Å². The van der Waals surface area contributed by atoms with Crippen molar-refractivity contribution in [3.63, 3.8) is 0 Å². The topological polar surface area (TPSA) is 61.4 Å². The number of halogens is 1. The number of fused-ring (bicyclic) bond motifs is 3. The minimum absolute atomic E-state index is 0.0208. The molecule has 0 atom stereocenters. The second-order valence-corrected chi connectivity index (χ2v) is 8.04. The maximum absolute atomic E-state index is 12.9. The number of hydrogen-bond acceptors (Lipinski definition) is 5. The maximum atomic E-state index is 12.9. The molecule has 8 heteroatoms. The fourth-order valence-electron chi connectivity index (χ4n) is 3.19. The first-order valence-corrected chi connectivity index (χ1v) is 10.9. The second-order valence-electron chi connectivity index (χ2n) is 6.57. The lowest BCUT2D eigenvalue weighted by Crippen LogP contribution is -2.23. The highest BCUT2D eigenvalue weighted by Crippen LogP contribution is 2.25. The van der Waals surface area contributed by atoms with Gasteiger partial charge in [-0.2, -0.15) is 0 Å². The number of benzene rings is 2. The summed E-state index contributed by atoms with van der Waals surface area (Å²) in [5, 5.41) is 10.7. The van der Waals surface area contributed by atoms with Crippen LogP contribution in [0.25, 0.3) is 16.7 Å². The van der Waals surface area contributed by atoms with Crippen molar-refractivity contribution < 1.29 is 4.74 Å². The summed E-state index contributed by atoms with van der Waals surface area (Å²) < 4.78 is 9.46. The summed E-state index contributed by atoms with van der Waals surface area (Å²) in [7, 11) is 0. The van der Waals surface area contributed by atoms with E-state index >= 15 is 0 Å². The summed E-state index contributed by atoms with van der Waals surface area (Å²) in [5.74, 6) is 1.92. The van der Waals surface area contributed by atoms with Crippen LogP contribution in [-0.2, 0) is 6.54 Å². The Balaban J connectivity index is 1.62. The molecule has 0 bridgehead atoms. The van der Waals surface area contributed by atoms with Crippen LogP contribution in [0.4, 0.5) is 0 Å². The molecule has 0 spiro atoms. The Labute approximate surface area is 177 Å². The first-order chi connectivity index (χ1) is 14.2.